The van der Waals surface area contributed by atoms with Crippen LogP contribution < -0.4 is 0 Å². The minimum atomic E-state index is 1.08. The summed E-state index contributed by atoms with van der Waals surface area (Å²) in [5, 5.41) is 12.5. The third-order valence-corrected chi connectivity index (χ3v) is 10.8. The molecule has 4 nitrogen and oxygen atoms in total. The third-order valence-electron chi connectivity index (χ3n) is 10.8. The summed E-state index contributed by atoms with van der Waals surface area (Å²) in [5.41, 5.74) is 10.6. The lowest BCUT2D eigenvalue weighted by molar-refractivity contribution is 1.14. The van der Waals surface area contributed by atoms with Crippen molar-refractivity contribution in [2.75, 3.05) is 0 Å². The molecule has 5 heterocycles. The van der Waals surface area contributed by atoms with Gasteiger partial charge in [0.2, 0.25) is 0 Å². The number of benzene rings is 7. The van der Waals surface area contributed by atoms with Crippen LogP contribution in [0.25, 0.3) is 104 Å². The van der Waals surface area contributed by atoms with Crippen molar-refractivity contribution in [3.05, 3.63) is 158 Å². The highest BCUT2D eigenvalue weighted by molar-refractivity contribution is 6.35. The molecule has 12 aromatic rings. The number of hydrogen-bond donors (Lipinski definition) is 0. The van der Waals surface area contributed by atoms with Gasteiger partial charge in [-0.25, -0.2) is 0 Å². The van der Waals surface area contributed by atoms with Crippen molar-refractivity contribution in [2.24, 2.45) is 0 Å². The smallest absolute Gasteiger partial charge is 0.0746 e. The Kier molecular flexibility index (Phi) is 4.69. The van der Waals surface area contributed by atoms with Gasteiger partial charge in [0.1, 0.15) is 0 Å². The zero-order valence-corrected chi connectivity index (χ0v) is 26.3. The molecule has 12 rings (SSSR count). The lowest BCUT2D eigenvalue weighted by Crippen LogP contribution is -1.98. The number of nitrogens with zero attached hydrogens (tertiary/aromatic N) is 4. The molecule has 0 aliphatic rings. The summed E-state index contributed by atoms with van der Waals surface area (Å²) in [7, 11) is 0. The molecule has 0 aliphatic carbocycles. The molecule has 0 bridgehead atoms. The maximum atomic E-state index is 4.99. The molecule has 0 radical (unpaired) electrons. The molecule has 0 saturated carbocycles. The monoisotopic (exact) mass is 622 g/mol. The minimum Gasteiger partial charge on any atom is -0.308 e. The molecule has 5 aromatic heterocycles. The van der Waals surface area contributed by atoms with E-state index in [1.54, 1.807) is 0 Å². The largest absolute Gasteiger partial charge is 0.308 e. The molecule has 0 unspecified atom stereocenters. The first-order valence-corrected chi connectivity index (χ1v) is 16.8. The van der Waals surface area contributed by atoms with Crippen molar-refractivity contribution in [3.63, 3.8) is 0 Å². The topological polar surface area (TPSA) is 27.2 Å². The second-order valence-corrected chi connectivity index (χ2v) is 13.2. The van der Waals surface area contributed by atoms with Crippen molar-refractivity contribution >= 4 is 92.5 Å². The predicted molar refractivity (Wildman–Crippen MR) is 205 cm³/mol. The molecule has 0 spiro atoms. The molecule has 226 valence electrons. The molecule has 4 heteroatoms. The molecule has 49 heavy (non-hydrogen) atoms. The standard InChI is InChI=1S/C45H26N4/c1-2-14-29(15-3-1)47-37-20-10-7-17-31(37)42-40(47)25-46-26-41(42)49-39-23-28-13-5-4-12-27(28)22-33(39)35-24-34-30-16-6-9-19-36(30)48-38-21-11-8-18-32(38)43(44(34)48)45(35)49/h1-26H. The van der Waals surface area contributed by atoms with E-state index >= 15 is 0 Å². The van der Waals surface area contributed by atoms with Gasteiger partial charge in [0.25, 0.3) is 0 Å². The highest BCUT2D eigenvalue weighted by atomic mass is 15.0. The Bertz CT molecular complexity index is 3320. The molecule has 0 atom stereocenters. The summed E-state index contributed by atoms with van der Waals surface area (Å²) in [6.45, 7) is 0. The molecule has 0 saturated heterocycles. The Labute approximate surface area is 279 Å². The Morgan fingerprint density at radius 3 is 1.78 bits per heavy atom. The first kappa shape index (κ1) is 25.4. The molecule has 0 aliphatic heterocycles. The summed E-state index contributed by atoms with van der Waals surface area (Å²) in [6.07, 6.45) is 4.10. The van der Waals surface area contributed by atoms with E-state index in [0.29, 0.717) is 0 Å². The van der Waals surface area contributed by atoms with Crippen molar-refractivity contribution in [2.45, 2.75) is 0 Å². The van der Waals surface area contributed by atoms with E-state index < -0.39 is 0 Å². The number of pyridine rings is 1. The van der Waals surface area contributed by atoms with Crippen molar-refractivity contribution in [3.8, 4) is 11.4 Å². The van der Waals surface area contributed by atoms with Crippen LogP contribution in [0.1, 0.15) is 0 Å². The van der Waals surface area contributed by atoms with Crippen LogP contribution in [0.5, 0.6) is 0 Å². The second-order valence-electron chi connectivity index (χ2n) is 13.2. The number of aromatic nitrogens is 4. The van der Waals surface area contributed by atoms with E-state index in [1.165, 1.54) is 87.0 Å². The van der Waals surface area contributed by atoms with Gasteiger partial charge in [-0.05, 0) is 59.3 Å². The van der Waals surface area contributed by atoms with Crippen LogP contribution in [0.3, 0.4) is 0 Å². The third kappa shape index (κ3) is 3.12. The van der Waals surface area contributed by atoms with Crippen molar-refractivity contribution < 1.29 is 0 Å². The van der Waals surface area contributed by atoms with Gasteiger partial charge >= 0.3 is 0 Å². The van der Waals surface area contributed by atoms with Gasteiger partial charge < -0.3 is 13.5 Å². The number of hydrogen-bond acceptors (Lipinski definition) is 1. The normalized spacial score (nSPS) is 12.5. The number of fused-ring (bicyclic) bond motifs is 14. The second kappa shape index (κ2) is 9.03. The lowest BCUT2D eigenvalue weighted by Gasteiger charge is -2.12. The molecular formula is C45H26N4. The van der Waals surface area contributed by atoms with Crippen LogP contribution in [0.4, 0.5) is 0 Å². The molecular weight excluding hydrogens is 597 g/mol. The highest BCUT2D eigenvalue weighted by Crippen LogP contribution is 2.48. The number of para-hydroxylation sites is 4. The summed E-state index contributed by atoms with van der Waals surface area (Å²) in [4.78, 5) is 4.99. The first-order valence-electron chi connectivity index (χ1n) is 16.8. The molecule has 0 fully saturated rings. The fourth-order valence-electron chi connectivity index (χ4n) is 8.86. The van der Waals surface area contributed by atoms with Crippen molar-refractivity contribution in [1.82, 2.24) is 18.5 Å². The van der Waals surface area contributed by atoms with E-state index in [2.05, 4.69) is 165 Å². The fraction of sp³-hybridized carbons (Fsp3) is 0. The number of rotatable bonds is 2. The quantitative estimate of drug-likeness (QED) is 0.188. The van der Waals surface area contributed by atoms with Crippen LogP contribution in [0, 0.1) is 0 Å². The maximum absolute atomic E-state index is 4.99. The highest BCUT2D eigenvalue weighted by Gasteiger charge is 2.26. The van der Waals surface area contributed by atoms with Crippen LogP contribution in [-0.4, -0.2) is 18.5 Å². The van der Waals surface area contributed by atoms with Crippen LogP contribution in [-0.2, 0) is 0 Å². The van der Waals surface area contributed by atoms with Crippen LogP contribution in [0.15, 0.2) is 158 Å². The van der Waals surface area contributed by atoms with E-state index in [4.69, 9.17) is 4.98 Å². The Hall–Kier alpha value is -6.65. The summed E-state index contributed by atoms with van der Waals surface area (Å²) in [6, 6.07) is 53.1. The summed E-state index contributed by atoms with van der Waals surface area (Å²) < 4.78 is 7.36. The molecule has 0 amide bonds. The van der Waals surface area contributed by atoms with Crippen LogP contribution in [0.2, 0.25) is 0 Å². The Morgan fingerprint density at radius 1 is 0.367 bits per heavy atom. The van der Waals surface area contributed by atoms with E-state index in [9.17, 15) is 0 Å². The first-order chi connectivity index (χ1) is 24.3. The average molecular weight is 623 g/mol. The van der Waals surface area contributed by atoms with Gasteiger partial charge in [0.05, 0.1) is 56.7 Å². The molecule has 7 aromatic carbocycles. The van der Waals surface area contributed by atoms with Gasteiger partial charge in [-0.3, -0.25) is 4.98 Å². The fourth-order valence-corrected chi connectivity index (χ4v) is 8.86. The zero-order valence-electron chi connectivity index (χ0n) is 26.3. The summed E-state index contributed by atoms with van der Waals surface area (Å²) >= 11 is 0. The van der Waals surface area contributed by atoms with E-state index in [0.717, 1.165) is 16.9 Å². The summed E-state index contributed by atoms with van der Waals surface area (Å²) in [5.74, 6) is 0. The van der Waals surface area contributed by atoms with E-state index in [1.807, 2.05) is 6.20 Å². The van der Waals surface area contributed by atoms with Crippen LogP contribution >= 0.6 is 0 Å². The van der Waals surface area contributed by atoms with E-state index in [-0.39, 0.29) is 0 Å². The zero-order chi connectivity index (χ0) is 31.8. The van der Waals surface area contributed by atoms with Gasteiger partial charge in [-0.2, -0.15) is 0 Å². The molecule has 0 N–H and O–H groups in total. The lowest BCUT2D eigenvalue weighted by atomic mass is 10.0. The van der Waals surface area contributed by atoms with Crippen molar-refractivity contribution in [1.29, 1.82) is 0 Å². The average Bonchev–Trinajstić information content (AvgIpc) is 3.88. The van der Waals surface area contributed by atoms with Gasteiger partial charge in [-0.1, -0.05) is 97.1 Å². The van der Waals surface area contributed by atoms with Gasteiger partial charge in [0.15, 0.2) is 0 Å². The SMILES string of the molecule is c1ccc(-n2c3ccccc3c3c(-n4c5cc6ccccc6cc5c5cc6c7ccccc7n7c8ccccc8c(c54)c67)cncc32)cc1. The maximum Gasteiger partial charge on any atom is 0.0746 e. The predicted octanol–water partition coefficient (Wildman–Crippen LogP) is 11.6. The van der Waals surface area contributed by atoms with Gasteiger partial charge in [0, 0.05) is 48.8 Å². The minimum absolute atomic E-state index is 1.08. The van der Waals surface area contributed by atoms with Gasteiger partial charge in [-0.15, -0.1) is 0 Å². The Balaban J connectivity index is 1.37. The Morgan fingerprint density at radius 2 is 0.980 bits per heavy atom.